The van der Waals surface area contributed by atoms with Crippen molar-refractivity contribution in [3.8, 4) is 22.1 Å². The van der Waals surface area contributed by atoms with Crippen molar-refractivity contribution in [2.45, 2.75) is 32.6 Å². The number of nitrogens with zero attached hydrogens (tertiary/aromatic N) is 4. The average Bonchev–Trinajstić information content (AvgIpc) is 3.85. The van der Waals surface area contributed by atoms with Crippen LogP contribution in [-0.4, -0.2) is 56.7 Å². The Labute approximate surface area is 343 Å². The molecule has 0 spiro atoms. The summed E-state index contributed by atoms with van der Waals surface area (Å²) in [6, 6.07) is 16.4. The van der Waals surface area contributed by atoms with E-state index in [1.165, 1.54) is 52.3 Å². The molecule has 4 aliphatic rings. The highest BCUT2D eigenvalue weighted by Crippen LogP contribution is 2.65. The molecule has 1 saturated carbocycles. The summed E-state index contributed by atoms with van der Waals surface area (Å²) in [5.74, 6) is -7.17. The summed E-state index contributed by atoms with van der Waals surface area (Å²) in [6.07, 6.45) is 2.12. The van der Waals surface area contributed by atoms with E-state index in [0.29, 0.717) is 26.3 Å². The van der Waals surface area contributed by atoms with Crippen molar-refractivity contribution < 1.29 is 38.9 Å². The van der Waals surface area contributed by atoms with Crippen molar-refractivity contribution >= 4 is 90.1 Å². The molecular formula is C42H34BrClN4O8S. The minimum absolute atomic E-state index is 0.0743. The van der Waals surface area contributed by atoms with Gasteiger partial charge in [-0.3, -0.25) is 28.8 Å². The minimum atomic E-state index is -1.45. The molecule has 2 aliphatic heterocycles. The molecule has 3 fully saturated rings. The average molecular weight is 870 g/mol. The normalized spacial score (nSPS) is 25.5. The summed E-state index contributed by atoms with van der Waals surface area (Å²) in [5.41, 5.74) is 1.16. The van der Waals surface area contributed by atoms with Crippen LogP contribution >= 0.6 is 38.9 Å². The fraction of sp³-hybridized carbons (Fsp3) is 0.286. The maximum absolute atomic E-state index is 15.2. The number of benzene rings is 3. The lowest BCUT2D eigenvalue weighted by Crippen LogP contribution is -2.49. The van der Waals surface area contributed by atoms with Crippen LogP contribution in [0.3, 0.4) is 0 Å². The highest BCUT2D eigenvalue weighted by Gasteiger charge is 2.68. The van der Waals surface area contributed by atoms with E-state index in [1.54, 1.807) is 32.2 Å². The van der Waals surface area contributed by atoms with Crippen molar-refractivity contribution in [3.63, 3.8) is 0 Å². The molecule has 4 amide bonds. The van der Waals surface area contributed by atoms with Crippen molar-refractivity contribution in [2.24, 2.45) is 36.1 Å². The quantitative estimate of drug-likeness (QED) is 0.128. The van der Waals surface area contributed by atoms with Crippen LogP contribution < -0.4 is 14.5 Å². The number of aromatic hydroxyl groups is 1. The molecule has 6 atom stereocenters. The van der Waals surface area contributed by atoms with Crippen molar-refractivity contribution in [1.82, 2.24) is 9.78 Å². The Morgan fingerprint density at radius 2 is 1.79 bits per heavy atom. The highest BCUT2D eigenvalue weighted by atomic mass is 79.9. The molecule has 15 heteroatoms. The number of thiophene rings is 1. The Morgan fingerprint density at radius 1 is 1.02 bits per heavy atom. The van der Waals surface area contributed by atoms with Crippen LogP contribution in [0.4, 0.5) is 11.5 Å². The summed E-state index contributed by atoms with van der Waals surface area (Å²) in [6.45, 7) is 3.72. The maximum Gasteiger partial charge on any atom is 0.335 e. The molecule has 57 heavy (non-hydrogen) atoms. The number of carbonyl (C=O) groups excluding carboxylic acids is 4. The van der Waals surface area contributed by atoms with E-state index in [9.17, 15) is 29.4 Å². The van der Waals surface area contributed by atoms with Crippen LogP contribution in [0.5, 0.6) is 11.5 Å². The third-order valence-corrected chi connectivity index (χ3v) is 14.4. The van der Waals surface area contributed by atoms with Gasteiger partial charge in [0.05, 0.1) is 46.4 Å². The molecular weight excluding hydrogens is 836 g/mol. The topological polar surface area (TPSA) is 159 Å². The van der Waals surface area contributed by atoms with Crippen LogP contribution in [0.1, 0.15) is 47.2 Å². The fourth-order valence-electron chi connectivity index (χ4n) is 9.80. The van der Waals surface area contributed by atoms with E-state index in [4.69, 9.17) is 21.4 Å². The number of rotatable bonds is 6. The molecule has 4 heterocycles. The number of hydrogen-bond donors (Lipinski definition) is 2. The van der Waals surface area contributed by atoms with Crippen LogP contribution in [0.2, 0.25) is 5.02 Å². The number of aryl methyl sites for hydroxylation is 2. The summed E-state index contributed by atoms with van der Waals surface area (Å²) in [7, 11) is 3.09. The number of ether oxygens (including phenoxy) is 1. The van der Waals surface area contributed by atoms with E-state index >= 15 is 4.79 Å². The monoisotopic (exact) mass is 868 g/mol. The Kier molecular flexibility index (Phi) is 8.58. The standard InChI is InChI=1S/C42H34BrClN4O8S/c1-18-25-15-21(44)8-11-31(25)57-36(18)29-17-32(46(3)45-29)48-38(51)28-16-26-23(34(42(28,2)41(48)55)27-13-20(43)14-30(56-4)35(27)49)9-10-24-33(26)39(52)47(37(24)50)22-7-5-6-19(12-22)40(53)54/h5-9,11-15,17,24,26,28,33-34,49H,10,16H2,1-4H3,(H,53,54). The van der Waals surface area contributed by atoms with E-state index in [0.717, 1.165) is 25.4 Å². The molecule has 0 radical (unpaired) electrons. The molecule has 2 aliphatic carbocycles. The number of halogens is 2. The van der Waals surface area contributed by atoms with Crippen LogP contribution in [0.15, 0.2) is 76.8 Å². The number of hydrogen-bond acceptors (Lipinski definition) is 9. The number of allylic oxidation sites excluding steroid dienone is 2. The van der Waals surface area contributed by atoms with Crippen molar-refractivity contribution in [3.05, 3.63) is 98.5 Å². The van der Waals surface area contributed by atoms with Gasteiger partial charge in [-0.05, 0) is 92.1 Å². The van der Waals surface area contributed by atoms with Gasteiger partial charge in [-0.2, -0.15) is 5.10 Å². The molecule has 290 valence electrons. The van der Waals surface area contributed by atoms with E-state index in [2.05, 4.69) is 15.9 Å². The van der Waals surface area contributed by atoms with Gasteiger partial charge in [-0.25, -0.2) is 9.69 Å². The number of methoxy groups -OCH3 is 1. The minimum Gasteiger partial charge on any atom is -0.504 e. The third kappa shape index (κ3) is 5.29. The molecule has 3 aromatic carbocycles. The largest absolute Gasteiger partial charge is 0.504 e. The molecule has 0 bridgehead atoms. The Hall–Kier alpha value is -5.31. The Bertz CT molecular complexity index is 2690. The van der Waals surface area contributed by atoms with Gasteiger partial charge in [0.2, 0.25) is 23.6 Å². The molecule has 2 aromatic heterocycles. The van der Waals surface area contributed by atoms with Gasteiger partial charge in [0.15, 0.2) is 11.5 Å². The van der Waals surface area contributed by atoms with Crippen molar-refractivity contribution in [2.75, 3.05) is 16.9 Å². The number of anilines is 2. The van der Waals surface area contributed by atoms with Gasteiger partial charge in [0.1, 0.15) is 11.5 Å². The smallest absolute Gasteiger partial charge is 0.335 e. The molecule has 9 rings (SSSR count). The second-order valence-corrected chi connectivity index (χ2v) is 17.7. The lowest BCUT2D eigenvalue weighted by molar-refractivity contribution is -0.131. The molecule has 2 N–H and O–H groups in total. The van der Waals surface area contributed by atoms with Gasteiger partial charge in [-0.15, -0.1) is 11.3 Å². The maximum atomic E-state index is 15.2. The van der Waals surface area contributed by atoms with E-state index < -0.39 is 64.6 Å². The number of carboxylic acid groups (broad SMARTS) is 1. The molecule has 6 unspecified atom stereocenters. The van der Waals surface area contributed by atoms with Crippen LogP contribution in [0, 0.1) is 36.0 Å². The second kappa shape index (κ2) is 13.1. The van der Waals surface area contributed by atoms with Gasteiger partial charge < -0.3 is 14.9 Å². The third-order valence-electron chi connectivity index (χ3n) is 12.4. The summed E-state index contributed by atoms with van der Waals surface area (Å²) in [5, 5.41) is 27.8. The lowest BCUT2D eigenvalue weighted by Gasteiger charge is -2.49. The number of imide groups is 2. The van der Waals surface area contributed by atoms with Gasteiger partial charge in [-0.1, -0.05) is 45.2 Å². The number of aromatic carboxylic acids is 1. The SMILES string of the molecule is COc1cc(Br)cc(C2C3=CCC4C(=O)N(c5cccc(C(=O)O)c5)C(=O)C4C3CC3C(=O)N(c4cc(-c5sc6ccc(Cl)cc6c5C)nn4C)C(=O)C32C)c1O. The first-order valence-electron chi connectivity index (χ1n) is 18.2. The summed E-state index contributed by atoms with van der Waals surface area (Å²) in [4.78, 5) is 73.7. The predicted molar refractivity (Wildman–Crippen MR) is 217 cm³/mol. The molecule has 12 nitrogen and oxygen atoms in total. The number of aromatic nitrogens is 2. The lowest BCUT2D eigenvalue weighted by atomic mass is 9.51. The number of carbonyl (C=O) groups is 5. The molecule has 2 saturated heterocycles. The fourth-order valence-corrected chi connectivity index (χ4v) is 11.6. The number of phenolic OH excluding ortho intramolecular Hbond substituents is 1. The van der Waals surface area contributed by atoms with Crippen molar-refractivity contribution in [1.29, 1.82) is 0 Å². The van der Waals surface area contributed by atoms with E-state index in [1.807, 2.05) is 31.2 Å². The van der Waals surface area contributed by atoms with E-state index in [-0.39, 0.29) is 41.4 Å². The van der Waals surface area contributed by atoms with Gasteiger partial charge >= 0.3 is 5.97 Å². The number of carboxylic acids is 1. The zero-order valence-corrected chi connectivity index (χ0v) is 34.1. The number of fused-ring (bicyclic) bond motifs is 5. The Morgan fingerprint density at radius 3 is 2.53 bits per heavy atom. The Balaban J connectivity index is 1.17. The van der Waals surface area contributed by atoms with Gasteiger partial charge in [0, 0.05) is 38.8 Å². The number of phenols is 1. The zero-order valence-electron chi connectivity index (χ0n) is 30.9. The second-order valence-electron chi connectivity index (χ2n) is 15.3. The summed E-state index contributed by atoms with van der Waals surface area (Å²) >= 11 is 11.4. The highest BCUT2D eigenvalue weighted by molar-refractivity contribution is 9.10. The first-order valence-corrected chi connectivity index (χ1v) is 20.2. The van der Waals surface area contributed by atoms with Crippen LogP contribution in [0.25, 0.3) is 20.7 Å². The zero-order chi connectivity index (χ0) is 40.4. The van der Waals surface area contributed by atoms with Crippen LogP contribution in [-0.2, 0) is 26.2 Å². The molecule has 5 aromatic rings. The van der Waals surface area contributed by atoms with Gasteiger partial charge in [0.25, 0.3) is 0 Å². The number of amides is 4. The first kappa shape index (κ1) is 37.3. The first-order chi connectivity index (χ1) is 27.1. The summed E-state index contributed by atoms with van der Waals surface area (Å²) < 4.78 is 8.63. The predicted octanol–water partition coefficient (Wildman–Crippen LogP) is 7.87.